The summed E-state index contributed by atoms with van der Waals surface area (Å²) in [4.78, 5) is 5.81. The van der Waals surface area contributed by atoms with Crippen molar-refractivity contribution in [1.82, 2.24) is 4.98 Å². The van der Waals surface area contributed by atoms with Crippen LogP contribution in [0.5, 0.6) is 5.75 Å². The molecule has 0 fully saturated rings. The summed E-state index contributed by atoms with van der Waals surface area (Å²) < 4.78 is 0. The maximum atomic E-state index is 9.78. The fourth-order valence-electron chi connectivity index (χ4n) is 2.42. The number of phenols is 1. The highest BCUT2D eigenvalue weighted by Gasteiger charge is 2.02. The molecule has 0 amide bonds. The van der Waals surface area contributed by atoms with Gasteiger partial charge in [-0.2, -0.15) is 0 Å². The van der Waals surface area contributed by atoms with Gasteiger partial charge in [0.05, 0.1) is 17.6 Å². The van der Waals surface area contributed by atoms with Gasteiger partial charge in [-0.15, -0.1) is 11.8 Å². The molecule has 2 aromatic carbocycles. The first-order chi connectivity index (χ1) is 11.8. The molecule has 0 unspecified atom stereocenters. The van der Waals surface area contributed by atoms with E-state index in [-0.39, 0.29) is 0 Å². The summed E-state index contributed by atoms with van der Waals surface area (Å²) in [5.41, 5.74) is 3.87. The number of para-hydroxylation sites is 1. The number of aromatic hydroxyl groups is 1. The number of nitrogens with one attached hydrogen (secondary N) is 1. The van der Waals surface area contributed by atoms with Crippen molar-refractivity contribution in [2.45, 2.75) is 18.4 Å². The maximum Gasteiger partial charge on any atom is 0.120 e. The van der Waals surface area contributed by atoms with E-state index in [1.807, 2.05) is 48.3 Å². The number of hydrogen-bond donors (Lipinski definition) is 2. The van der Waals surface area contributed by atoms with Crippen LogP contribution in [0.4, 0.5) is 5.69 Å². The zero-order valence-corrected chi connectivity index (χ0v) is 14.4. The standard InChI is InChI=1S/C20H20N2OS/c1-2-24-18-10-7-15(8-11-18)19-12-9-17(14-22-19)21-13-16-5-3-4-6-20(16)23/h3-12,14,21,23H,2,13H2,1H3. The van der Waals surface area contributed by atoms with Gasteiger partial charge in [-0.3, -0.25) is 4.98 Å². The Labute approximate surface area is 146 Å². The van der Waals surface area contributed by atoms with Crippen molar-refractivity contribution in [1.29, 1.82) is 0 Å². The van der Waals surface area contributed by atoms with Gasteiger partial charge in [0.15, 0.2) is 0 Å². The zero-order chi connectivity index (χ0) is 16.8. The first kappa shape index (κ1) is 16.4. The number of aromatic nitrogens is 1. The van der Waals surface area contributed by atoms with E-state index in [1.165, 1.54) is 4.90 Å². The molecular formula is C20H20N2OS. The Morgan fingerprint density at radius 3 is 2.46 bits per heavy atom. The summed E-state index contributed by atoms with van der Waals surface area (Å²) in [6.07, 6.45) is 1.82. The minimum atomic E-state index is 0.305. The van der Waals surface area contributed by atoms with E-state index in [0.29, 0.717) is 12.3 Å². The minimum absolute atomic E-state index is 0.305. The van der Waals surface area contributed by atoms with Gasteiger partial charge in [0.1, 0.15) is 5.75 Å². The van der Waals surface area contributed by atoms with Crippen LogP contribution in [0.2, 0.25) is 0 Å². The summed E-state index contributed by atoms with van der Waals surface area (Å²) >= 11 is 1.84. The van der Waals surface area contributed by atoms with E-state index in [4.69, 9.17) is 0 Å². The van der Waals surface area contributed by atoms with Crippen LogP contribution in [0.1, 0.15) is 12.5 Å². The van der Waals surface area contributed by atoms with Gasteiger partial charge in [0.2, 0.25) is 0 Å². The van der Waals surface area contributed by atoms with Crippen LogP contribution in [-0.2, 0) is 6.54 Å². The second kappa shape index (κ2) is 7.88. The topological polar surface area (TPSA) is 45.1 Å². The van der Waals surface area contributed by atoms with Crippen LogP contribution in [-0.4, -0.2) is 15.8 Å². The number of rotatable bonds is 6. The van der Waals surface area contributed by atoms with Crippen molar-refractivity contribution in [2.24, 2.45) is 0 Å². The van der Waals surface area contributed by atoms with Crippen LogP contribution in [0.15, 0.2) is 71.8 Å². The first-order valence-electron chi connectivity index (χ1n) is 7.96. The molecule has 4 heteroatoms. The lowest BCUT2D eigenvalue weighted by molar-refractivity contribution is 0.469. The number of pyridine rings is 1. The Balaban J connectivity index is 1.65. The molecule has 0 saturated carbocycles. The molecule has 1 heterocycles. The fourth-order valence-corrected chi connectivity index (χ4v) is 3.08. The number of anilines is 1. The SMILES string of the molecule is CCSc1ccc(-c2ccc(NCc3ccccc3O)cn2)cc1. The number of nitrogens with zero attached hydrogens (tertiary/aromatic N) is 1. The van der Waals surface area contributed by atoms with E-state index < -0.39 is 0 Å². The molecule has 0 aliphatic heterocycles. The van der Waals surface area contributed by atoms with Crippen LogP contribution in [0.25, 0.3) is 11.3 Å². The van der Waals surface area contributed by atoms with Crippen LogP contribution >= 0.6 is 11.8 Å². The van der Waals surface area contributed by atoms with Gasteiger partial charge in [0, 0.05) is 22.6 Å². The molecule has 1 aromatic heterocycles. The lowest BCUT2D eigenvalue weighted by Crippen LogP contribution is -2.00. The first-order valence-corrected chi connectivity index (χ1v) is 8.95. The molecule has 122 valence electrons. The summed E-state index contributed by atoms with van der Waals surface area (Å²) in [5.74, 6) is 1.38. The molecule has 0 spiro atoms. The Hall–Kier alpha value is -2.46. The summed E-state index contributed by atoms with van der Waals surface area (Å²) in [6.45, 7) is 2.72. The molecule has 0 saturated heterocycles. The van der Waals surface area contributed by atoms with E-state index in [9.17, 15) is 5.11 Å². The maximum absolute atomic E-state index is 9.78. The average molecular weight is 336 g/mol. The van der Waals surface area contributed by atoms with Gasteiger partial charge < -0.3 is 10.4 Å². The van der Waals surface area contributed by atoms with E-state index in [2.05, 4.69) is 41.5 Å². The van der Waals surface area contributed by atoms with E-state index in [1.54, 1.807) is 6.07 Å². The Morgan fingerprint density at radius 2 is 1.79 bits per heavy atom. The van der Waals surface area contributed by atoms with Gasteiger partial charge in [-0.1, -0.05) is 37.3 Å². The zero-order valence-electron chi connectivity index (χ0n) is 13.6. The number of phenolic OH excluding ortho intramolecular Hbond substituents is 1. The number of hydrogen-bond acceptors (Lipinski definition) is 4. The Bertz CT molecular complexity index is 785. The molecule has 24 heavy (non-hydrogen) atoms. The molecule has 2 N–H and O–H groups in total. The summed E-state index contributed by atoms with van der Waals surface area (Å²) in [7, 11) is 0. The molecule has 0 bridgehead atoms. The quantitative estimate of drug-likeness (QED) is 0.609. The van der Waals surface area contributed by atoms with Gasteiger partial charge in [-0.25, -0.2) is 0 Å². The molecule has 0 atom stereocenters. The second-order valence-corrected chi connectivity index (χ2v) is 6.71. The molecule has 3 nitrogen and oxygen atoms in total. The smallest absolute Gasteiger partial charge is 0.120 e. The molecule has 0 aliphatic rings. The number of benzene rings is 2. The minimum Gasteiger partial charge on any atom is -0.508 e. The van der Waals surface area contributed by atoms with Gasteiger partial charge in [0.25, 0.3) is 0 Å². The predicted molar refractivity (Wildman–Crippen MR) is 102 cm³/mol. The van der Waals surface area contributed by atoms with Gasteiger partial charge in [-0.05, 0) is 36.1 Å². The Kier molecular flexibility index (Phi) is 5.39. The molecule has 0 radical (unpaired) electrons. The summed E-state index contributed by atoms with van der Waals surface area (Å²) in [5, 5.41) is 13.1. The normalized spacial score (nSPS) is 10.5. The third kappa shape index (κ3) is 4.09. The number of thioether (sulfide) groups is 1. The largest absolute Gasteiger partial charge is 0.508 e. The van der Waals surface area contributed by atoms with Crippen LogP contribution < -0.4 is 5.32 Å². The Morgan fingerprint density at radius 1 is 1.00 bits per heavy atom. The fraction of sp³-hybridized carbons (Fsp3) is 0.150. The second-order valence-electron chi connectivity index (χ2n) is 5.37. The highest BCUT2D eigenvalue weighted by Crippen LogP contribution is 2.24. The van der Waals surface area contributed by atoms with Crippen molar-refractivity contribution >= 4 is 17.4 Å². The molecule has 0 aliphatic carbocycles. The average Bonchev–Trinajstić information content (AvgIpc) is 2.63. The molecular weight excluding hydrogens is 316 g/mol. The van der Waals surface area contributed by atoms with E-state index >= 15 is 0 Å². The van der Waals surface area contributed by atoms with Crippen molar-refractivity contribution in [3.8, 4) is 17.0 Å². The third-order valence-electron chi connectivity index (χ3n) is 3.70. The van der Waals surface area contributed by atoms with Crippen molar-refractivity contribution < 1.29 is 5.11 Å². The van der Waals surface area contributed by atoms with Crippen LogP contribution in [0.3, 0.4) is 0 Å². The molecule has 3 rings (SSSR count). The third-order valence-corrected chi connectivity index (χ3v) is 4.59. The highest BCUT2D eigenvalue weighted by molar-refractivity contribution is 7.99. The van der Waals surface area contributed by atoms with E-state index in [0.717, 1.165) is 28.3 Å². The molecule has 3 aromatic rings. The predicted octanol–water partition coefficient (Wildman–Crippen LogP) is 5.18. The summed E-state index contributed by atoms with van der Waals surface area (Å²) in [6, 6.07) is 19.8. The monoisotopic (exact) mass is 336 g/mol. The van der Waals surface area contributed by atoms with Gasteiger partial charge >= 0.3 is 0 Å². The lowest BCUT2D eigenvalue weighted by Gasteiger charge is -2.09. The van der Waals surface area contributed by atoms with Crippen molar-refractivity contribution in [3.05, 3.63) is 72.4 Å². The van der Waals surface area contributed by atoms with Crippen LogP contribution in [0, 0.1) is 0 Å². The van der Waals surface area contributed by atoms with Crippen molar-refractivity contribution in [2.75, 3.05) is 11.1 Å². The van der Waals surface area contributed by atoms with Crippen molar-refractivity contribution in [3.63, 3.8) is 0 Å². The lowest BCUT2D eigenvalue weighted by atomic mass is 10.1. The highest BCUT2D eigenvalue weighted by atomic mass is 32.2.